The second-order valence-electron chi connectivity index (χ2n) is 6.61. The number of benzene rings is 2. The number of rotatable bonds is 7. The average molecular weight is 502 g/mol. The molecule has 0 aliphatic rings. The van der Waals surface area contributed by atoms with Gasteiger partial charge in [-0.3, -0.25) is 10.1 Å². The van der Waals surface area contributed by atoms with Crippen LogP contribution >= 0.6 is 22.9 Å². The Morgan fingerprint density at radius 2 is 1.71 bits per heavy atom. The van der Waals surface area contributed by atoms with Crippen molar-refractivity contribution >= 4 is 64.1 Å². The molecular weight excluding hydrogens is 482 g/mol. The Morgan fingerprint density at radius 1 is 1.06 bits per heavy atom. The van der Waals surface area contributed by atoms with Crippen molar-refractivity contribution in [3.05, 3.63) is 47.0 Å². The fourth-order valence-corrected chi connectivity index (χ4v) is 6.22. The molecule has 0 aliphatic carbocycles. The highest BCUT2D eigenvalue weighted by Crippen LogP contribution is 2.29. The summed E-state index contributed by atoms with van der Waals surface area (Å²) in [6, 6.07) is 8.45. The van der Waals surface area contributed by atoms with Gasteiger partial charge in [-0.1, -0.05) is 36.8 Å². The second-order valence-corrected chi connectivity index (χ2v) is 12.0. The predicted octanol–water partition coefficient (Wildman–Crippen LogP) is 3.64. The molecule has 1 N–H and O–H groups in total. The van der Waals surface area contributed by atoms with E-state index in [1.807, 2.05) is 0 Å². The van der Waals surface area contributed by atoms with Gasteiger partial charge >= 0.3 is 0 Å². The van der Waals surface area contributed by atoms with Crippen LogP contribution in [0.15, 0.2) is 46.2 Å². The maximum Gasteiger partial charge on any atom is 0.259 e. The number of fused-ring (bicyclic) bond motifs is 1. The van der Waals surface area contributed by atoms with Crippen molar-refractivity contribution in [3.63, 3.8) is 0 Å². The first-order chi connectivity index (χ1) is 14.5. The van der Waals surface area contributed by atoms with Crippen LogP contribution in [-0.2, 0) is 19.9 Å². The third kappa shape index (κ3) is 4.90. The molecule has 166 valence electrons. The largest absolute Gasteiger partial charge is 0.298 e. The van der Waals surface area contributed by atoms with Crippen molar-refractivity contribution < 1.29 is 21.6 Å². The molecular formula is C19H20ClN3O5S3. The number of nitrogens with zero attached hydrogens (tertiary/aromatic N) is 2. The highest BCUT2D eigenvalue weighted by molar-refractivity contribution is 7.90. The number of hydrogen-bond donors (Lipinski definition) is 1. The standard InChI is InChI=1S/C19H20ClN3O5S3/c1-4-23(5-2)31(27,28)13-6-8-15(20)14(10-13)18(24)22-19-21-16-9-7-12(30(3,25)26)11-17(16)29-19/h6-11H,4-5H2,1-3H3,(H,21,22,24). The van der Waals surface area contributed by atoms with Crippen molar-refractivity contribution in [2.75, 3.05) is 24.7 Å². The number of aromatic nitrogens is 1. The molecule has 0 saturated carbocycles. The quantitative estimate of drug-likeness (QED) is 0.528. The maximum atomic E-state index is 12.8. The minimum Gasteiger partial charge on any atom is -0.298 e. The lowest BCUT2D eigenvalue weighted by atomic mass is 10.2. The molecule has 0 saturated heterocycles. The number of hydrogen-bond acceptors (Lipinski definition) is 7. The molecule has 8 nitrogen and oxygen atoms in total. The normalized spacial score (nSPS) is 12.4. The van der Waals surface area contributed by atoms with Crippen molar-refractivity contribution in [2.24, 2.45) is 0 Å². The Bertz CT molecular complexity index is 1360. The number of sulfone groups is 1. The number of carbonyl (C=O) groups is 1. The molecule has 12 heteroatoms. The van der Waals surface area contributed by atoms with Gasteiger partial charge in [-0.15, -0.1) is 0 Å². The summed E-state index contributed by atoms with van der Waals surface area (Å²) in [4.78, 5) is 17.2. The molecule has 31 heavy (non-hydrogen) atoms. The number of amides is 1. The molecule has 3 rings (SSSR count). The zero-order chi connectivity index (χ0) is 23.0. The number of carbonyl (C=O) groups excluding carboxylic acids is 1. The summed E-state index contributed by atoms with van der Waals surface area (Å²) >= 11 is 7.25. The molecule has 0 aliphatic heterocycles. The van der Waals surface area contributed by atoms with E-state index in [1.54, 1.807) is 19.9 Å². The van der Waals surface area contributed by atoms with Gasteiger partial charge in [0.05, 0.1) is 30.6 Å². The molecule has 0 radical (unpaired) electrons. The Balaban J connectivity index is 1.93. The van der Waals surface area contributed by atoms with Crippen LogP contribution in [0.4, 0.5) is 5.13 Å². The van der Waals surface area contributed by atoms with Crippen LogP contribution in [0.2, 0.25) is 5.02 Å². The highest BCUT2D eigenvalue weighted by Gasteiger charge is 2.24. The van der Waals surface area contributed by atoms with Gasteiger partial charge in [0, 0.05) is 19.3 Å². The Kier molecular flexibility index (Phi) is 6.72. The molecule has 1 heterocycles. The van der Waals surface area contributed by atoms with Crippen molar-refractivity contribution in [1.82, 2.24) is 9.29 Å². The van der Waals surface area contributed by atoms with Gasteiger partial charge < -0.3 is 0 Å². The van der Waals surface area contributed by atoms with Crippen LogP contribution < -0.4 is 5.32 Å². The van der Waals surface area contributed by atoms with Crippen molar-refractivity contribution in [3.8, 4) is 0 Å². The molecule has 2 aromatic carbocycles. The molecule has 0 bridgehead atoms. The first-order valence-corrected chi connectivity index (χ1v) is 13.7. The van der Waals surface area contributed by atoms with Crippen molar-refractivity contribution in [2.45, 2.75) is 23.6 Å². The third-order valence-corrected chi connectivity index (χ3v) is 8.95. The minimum absolute atomic E-state index is 0.00835. The fourth-order valence-electron chi connectivity index (χ4n) is 2.90. The second kappa shape index (κ2) is 8.83. The number of halogens is 1. The lowest BCUT2D eigenvalue weighted by molar-refractivity contribution is 0.102. The molecule has 0 atom stereocenters. The summed E-state index contributed by atoms with van der Waals surface area (Å²) in [6.07, 6.45) is 1.11. The van der Waals surface area contributed by atoms with E-state index in [0.717, 1.165) is 17.6 Å². The Labute approximate surface area is 189 Å². The van der Waals surface area contributed by atoms with E-state index in [9.17, 15) is 21.6 Å². The van der Waals surface area contributed by atoms with Crippen LogP contribution in [-0.4, -0.2) is 51.4 Å². The van der Waals surface area contributed by atoms with Gasteiger partial charge in [0.25, 0.3) is 5.91 Å². The SMILES string of the molecule is CCN(CC)S(=O)(=O)c1ccc(Cl)c(C(=O)Nc2nc3ccc(S(C)(=O)=O)cc3s2)c1. The first kappa shape index (κ1) is 23.6. The summed E-state index contributed by atoms with van der Waals surface area (Å²) in [6.45, 7) is 4.05. The van der Waals surface area contributed by atoms with Gasteiger partial charge in [0.1, 0.15) is 0 Å². The van der Waals surface area contributed by atoms with Gasteiger partial charge in [-0.25, -0.2) is 21.8 Å². The van der Waals surface area contributed by atoms with Crippen LogP contribution in [0, 0.1) is 0 Å². The lowest BCUT2D eigenvalue weighted by Gasteiger charge is -2.19. The fraction of sp³-hybridized carbons (Fsp3) is 0.263. The van der Waals surface area contributed by atoms with Gasteiger partial charge in [-0.05, 0) is 36.4 Å². The summed E-state index contributed by atoms with van der Waals surface area (Å²) in [5, 5.41) is 2.94. The molecule has 0 unspecified atom stereocenters. The molecule has 3 aromatic rings. The van der Waals surface area contributed by atoms with E-state index in [4.69, 9.17) is 11.6 Å². The van der Waals surface area contributed by atoms with Crippen LogP contribution in [0.5, 0.6) is 0 Å². The van der Waals surface area contributed by atoms with Gasteiger partial charge in [0.15, 0.2) is 15.0 Å². The minimum atomic E-state index is -3.76. The van der Waals surface area contributed by atoms with E-state index in [-0.39, 0.29) is 25.5 Å². The molecule has 0 spiro atoms. The zero-order valence-corrected chi connectivity index (χ0v) is 20.1. The van der Waals surface area contributed by atoms with Crippen molar-refractivity contribution in [1.29, 1.82) is 0 Å². The van der Waals surface area contributed by atoms with E-state index in [0.29, 0.717) is 23.3 Å². The smallest absolute Gasteiger partial charge is 0.259 e. The Hall–Kier alpha value is -2.05. The average Bonchev–Trinajstić information content (AvgIpc) is 3.09. The Morgan fingerprint density at radius 3 is 2.32 bits per heavy atom. The highest BCUT2D eigenvalue weighted by atomic mass is 35.5. The topological polar surface area (TPSA) is 114 Å². The first-order valence-electron chi connectivity index (χ1n) is 9.19. The van der Waals surface area contributed by atoms with Gasteiger partial charge in [-0.2, -0.15) is 4.31 Å². The van der Waals surface area contributed by atoms with E-state index < -0.39 is 25.8 Å². The van der Waals surface area contributed by atoms with E-state index in [1.165, 1.54) is 34.6 Å². The summed E-state index contributed by atoms with van der Waals surface area (Å²) in [7, 11) is -7.14. The predicted molar refractivity (Wildman–Crippen MR) is 122 cm³/mol. The van der Waals surface area contributed by atoms with Gasteiger partial charge in [0.2, 0.25) is 10.0 Å². The third-order valence-electron chi connectivity index (χ3n) is 4.53. The number of sulfonamides is 1. The maximum absolute atomic E-state index is 12.8. The molecule has 1 aromatic heterocycles. The monoisotopic (exact) mass is 501 g/mol. The summed E-state index contributed by atoms with van der Waals surface area (Å²) in [5.41, 5.74) is 0.516. The van der Waals surface area contributed by atoms with E-state index in [2.05, 4.69) is 10.3 Å². The molecule has 0 fully saturated rings. The lowest BCUT2D eigenvalue weighted by Crippen LogP contribution is -2.30. The van der Waals surface area contributed by atoms with Crippen LogP contribution in [0.3, 0.4) is 0 Å². The number of thiazole rings is 1. The number of anilines is 1. The zero-order valence-electron chi connectivity index (χ0n) is 16.9. The van der Waals surface area contributed by atoms with E-state index >= 15 is 0 Å². The van der Waals surface area contributed by atoms with Crippen LogP contribution in [0.1, 0.15) is 24.2 Å². The summed E-state index contributed by atoms with van der Waals surface area (Å²) < 4.78 is 50.9. The van der Waals surface area contributed by atoms with Crippen LogP contribution in [0.25, 0.3) is 10.2 Å². The number of nitrogens with one attached hydrogen (secondary N) is 1. The molecule has 1 amide bonds. The summed E-state index contributed by atoms with van der Waals surface area (Å²) in [5.74, 6) is -0.621.